The SMILES string of the molecule is N/N=C/c1ccc(I)cc1Cl. The first-order chi connectivity index (χ1) is 5.24. The molecule has 0 unspecified atom stereocenters. The maximum atomic E-state index is 5.86. The van der Waals surface area contributed by atoms with Gasteiger partial charge in [0.2, 0.25) is 0 Å². The molecule has 11 heavy (non-hydrogen) atoms. The van der Waals surface area contributed by atoms with Gasteiger partial charge in [-0.15, -0.1) is 0 Å². The van der Waals surface area contributed by atoms with Crippen molar-refractivity contribution in [1.29, 1.82) is 0 Å². The summed E-state index contributed by atoms with van der Waals surface area (Å²) in [5.41, 5.74) is 0.842. The van der Waals surface area contributed by atoms with Crippen molar-refractivity contribution < 1.29 is 0 Å². The summed E-state index contributed by atoms with van der Waals surface area (Å²) in [5, 5.41) is 4.06. The third-order valence-electron chi connectivity index (χ3n) is 1.18. The molecule has 0 aliphatic heterocycles. The van der Waals surface area contributed by atoms with Crippen molar-refractivity contribution in [2.75, 3.05) is 0 Å². The van der Waals surface area contributed by atoms with Crippen LogP contribution in [0.5, 0.6) is 0 Å². The Kier molecular flexibility index (Phi) is 3.14. The molecule has 1 aromatic rings. The van der Waals surface area contributed by atoms with Crippen LogP contribution in [0.25, 0.3) is 0 Å². The van der Waals surface area contributed by atoms with Crippen LogP contribution in [0.1, 0.15) is 5.56 Å². The number of benzene rings is 1. The summed E-state index contributed by atoms with van der Waals surface area (Å²) < 4.78 is 1.10. The highest BCUT2D eigenvalue weighted by atomic mass is 127. The van der Waals surface area contributed by atoms with E-state index in [0.717, 1.165) is 9.13 Å². The van der Waals surface area contributed by atoms with Crippen molar-refractivity contribution in [3.05, 3.63) is 32.4 Å². The second-order valence-electron chi connectivity index (χ2n) is 1.94. The maximum Gasteiger partial charge on any atom is 0.0553 e. The van der Waals surface area contributed by atoms with Crippen molar-refractivity contribution in [1.82, 2.24) is 0 Å². The molecular weight excluding hydrogens is 274 g/mol. The van der Waals surface area contributed by atoms with Gasteiger partial charge in [0.15, 0.2) is 0 Å². The predicted molar refractivity (Wildman–Crippen MR) is 56.0 cm³/mol. The van der Waals surface area contributed by atoms with E-state index in [2.05, 4.69) is 27.7 Å². The number of hydrogen-bond donors (Lipinski definition) is 1. The van der Waals surface area contributed by atoms with E-state index in [1.54, 1.807) is 0 Å². The molecule has 0 radical (unpaired) electrons. The second-order valence-corrected chi connectivity index (χ2v) is 3.60. The standard InChI is InChI=1S/C7H6ClIN2/c8-7-3-6(9)2-1-5(7)4-11-10/h1-4H,10H2/b11-4+. The van der Waals surface area contributed by atoms with Gasteiger partial charge in [-0.3, -0.25) is 0 Å². The van der Waals surface area contributed by atoms with Gasteiger partial charge in [-0.1, -0.05) is 17.7 Å². The molecule has 0 atom stereocenters. The monoisotopic (exact) mass is 280 g/mol. The minimum atomic E-state index is 0.672. The molecule has 0 amide bonds. The average Bonchev–Trinajstić information content (AvgIpc) is 1.95. The van der Waals surface area contributed by atoms with E-state index in [-0.39, 0.29) is 0 Å². The highest BCUT2D eigenvalue weighted by Crippen LogP contribution is 2.17. The molecule has 0 saturated carbocycles. The lowest BCUT2D eigenvalue weighted by molar-refractivity contribution is 1.26. The summed E-state index contributed by atoms with van der Waals surface area (Å²) in [5.74, 6) is 4.98. The zero-order chi connectivity index (χ0) is 8.27. The van der Waals surface area contributed by atoms with Crippen LogP contribution in [0.2, 0.25) is 5.02 Å². The molecule has 0 aliphatic rings. The van der Waals surface area contributed by atoms with E-state index in [9.17, 15) is 0 Å². The molecule has 0 aromatic heterocycles. The van der Waals surface area contributed by atoms with Gasteiger partial charge in [0.1, 0.15) is 0 Å². The van der Waals surface area contributed by atoms with Gasteiger partial charge in [0.25, 0.3) is 0 Å². The smallest absolute Gasteiger partial charge is 0.0553 e. The Labute approximate surface area is 83.6 Å². The van der Waals surface area contributed by atoms with E-state index >= 15 is 0 Å². The molecule has 0 aliphatic carbocycles. The lowest BCUT2D eigenvalue weighted by atomic mass is 10.2. The largest absolute Gasteiger partial charge is 0.323 e. The Morgan fingerprint density at radius 3 is 2.82 bits per heavy atom. The fourth-order valence-corrected chi connectivity index (χ4v) is 1.59. The molecular formula is C7H6ClIN2. The van der Waals surface area contributed by atoms with Crippen LogP contribution in [-0.4, -0.2) is 6.21 Å². The van der Waals surface area contributed by atoms with Crippen molar-refractivity contribution in [2.45, 2.75) is 0 Å². The molecule has 58 valence electrons. The number of nitrogens with two attached hydrogens (primary N) is 1. The second kappa shape index (κ2) is 3.92. The van der Waals surface area contributed by atoms with Crippen LogP contribution < -0.4 is 5.84 Å². The Hall–Kier alpha value is -0.290. The third kappa shape index (κ3) is 2.34. The molecule has 1 aromatic carbocycles. The number of hydrazone groups is 1. The highest BCUT2D eigenvalue weighted by Gasteiger charge is 1.96. The van der Waals surface area contributed by atoms with Crippen molar-refractivity contribution in [3.63, 3.8) is 0 Å². The van der Waals surface area contributed by atoms with Gasteiger partial charge in [-0.05, 0) is 34.7 Å². The van der Waals surface area contributed by atoms with E-state index in [0.29, 0.717) is 5.02 Å². The minimum Gasteiger partial charge on any atom is -0.323 e. The fraction of sp³-hybridized carbons (Fsp3) is 0. The lowest BCUT2D eigenvalue weighted by Crippen LogP contribution is -1.87. The molecule has 2 N–H and O–H groups in total. The molecule has 1 rings (SSSR count). The van der Waals surface area contributed by atoms with Crippen molar-refractivity contribution >= 4 is 40.4 Å². The number of hydrogen-bond acceptors (Lipinski definition) is 2. The van der Waals surface area contributed by atoms with Crippen LogP contribution in [0.3, 0.4) is 0 Å². The third-order valence-corrected chi connectivity index (χ3v) is 2.17. The molecule has 2 nitrogen and oxygen atoms in total. The minimum absolute atomic E-state index is 0.672. The van der Waals surface area contributed by atoms with Crippen LogP contribution in [0.15, 0.2) is 23.3 Å². The predicted octanol–water partition coefficient (Wildman–Crippen LogP) is 2.24. The van der Waals surface area contributed by atoms with Gasteiger partial charge < -0.3 is 5.84 Å². The quantitative estimate of drug-likeness (QED) is 0.364. The van der Waals surface area contributed by atoms with Gasteiger partial charge in [0, 0.05) is 9.13 Å². The summed E-state index contributed by atoms with van der Waals surface area (Å²) in [6, 6.07) is 5.68. The first kappa shape index (κ1) is 8.80. The van der Waals surface area contributed by atoms with Gasteiger partial charge >= 0.3 is 0 Å². The van der Waals surface area contributed by atoms with Crippen molar-refractivity contribution in [3.8, 4) is 0 Å². The van der Waals surface area contributed by atoms with Crippen LogP contribution >= 0.6 is 34.2 Å². The molecule has 0 saturated heterocycles. The summed E-state index contributed by atoms with van der Waals surface area (Å²) in [6.45, 7) is 0. The summed E-state index contributed by atoms with van der Waals surface area (Å²) in [4.78, 5) is 0. The number of halogens is 2. The zero-order valence-corrected chi connectivity index (χ0v) is 8.50. The fourth-order valence-electron chi connectivity index (χ4n) is 0.687. The highest BCUT2D eigenvalue weighted by molar-refractivity contribution is 14.1. The molecule has 0 heterocycles. The van der Waals surface area contributed by atoms with Crippen LogP contribution in [0.4, 0.5) is 0 Å². The normalized spacial score (nSPS) is 10.7. The van der Waals surface area contributed by atoms with Gasteiger partial charge in [-0.25, -0.2) is 0 Å². The summed E-state index contributed by atoms with van der Waals surface area (Å²) in [6.07, 6.45) is 1.53. The lowest BCUT2D eigenvalue weighted by Gasteiger charge is -1.96. The first-order valence-electron chi connectivity index (χ1n) is 2.92. The Balaban J connectivity index is 3.09. The summed E-state index contributed by atoms with van der Waals surface area (Å²) in [7, 11) is 0. The molecule has 0 bridgehead atoms. The summed E-state index contributed by atoms with van der Waals surface area (Å²) >= 11 is 8.05. The zero-order valence-electron chi connectivity index (χ0n) is 5.59. The molecule has 0 fully saturated rings. The van der Waals surface area contributed by atoms with Crippen LogP contribution in [-0.2, 0) is 0 Å². The Bertz CT molecular complexity index is 286. The molecule has 4 heteroatoms. The van der Waals surface area contributed by atoms with E-state index in [1.807, 2.05) is 18.2 Å². The first-order valence-corrected chi connectivity index (χ1v) is 4.38. The van der Waals surface area contributed by atoms with Crippen molar-refractivity contribution in [2.24, 2.45) is 10.9 Å². The Morgan fingerprint density at radius 2 is 2.27 bits per heavy atom. The van der Waals surface area contributed by atoms with E-state index in [1.165, 1.54) is 6.21 Å². The number of nitrogens with zero attached hydrogens (tertiary/aromatic N) is 1. The van der Waals surface area contributed by atoms with E-state index in [4.69, 9.17) is 17.4 Å². The van der Waals surface area contributed by atoms with Crippen LogP contribution in [0, 0.1) is 3.57 Å². The average molecular weight is 280 g/mol. The van der Waals surface area contributed by atoms with E-state index < -0.39 is 0 Å². The topological polar surface area (TPSA) is 38.4 Å². The molecule has 0 spiro atoms. The van der Waals surface area contributed by atoms with Gasteiger partial charge in [-0.2, -0.15) is 5.10 Å². The maximum absolute atomic E-state index is 5.86. The number of rotatable bonds is 1. The van der Waals surface area contributed by atoms with Gasteiger partial charge in [0.05, 0.1) is 11.2 Å². The Morgan fingerprint density at radius 1 is 1.55 bits per heavy atom.